The molecule has 0 fully saturated rings. The third kappa shape index (κ3) is 16.5. The molecule has 55 heavy (non-hydrogen) atoms. The van der Waals surface area contributed by atoms with Gasteiger partial charge in [-0.2, -0.15) is 0 Å². The van der Waals surface area contributed by atoms with Crippen molar-refractivity contribution in [2.45, 2.75) is 201 Å². The fourth-order valence-corrected chi connectivity index (χ4v) is 12.1. The first-order valence-electron chi connectivity index (χ1n) is 22.8. The molecule has 0 N–H and O–H groups in total. The van der Waals surface area contributed by atoms with E-state index in [0.717, 1.165) is 29.8 Å². The molecule has 0 aliphatic carbocycles. The molecule has 3 aromatic rings. The molecule has 0 atom stereocenters. The quantitative estimate of drug-likeness (QED) is 0.0374. The number of benzene rings is 3. The van der Waals surface area contributed by atoms with E-state index in [4.69, 9.17) is 4.99 Å². The SMILES string of the molecule is CCCCCCCCc1c(CCCCCC)cc(N=C(CC)C(C)=[C](c2ccc(CCCCCC)c(CCCCCC)c2)[Pd]([Br])[CH2]C)cc1-c1ccccc1. The van der Waals surface area contributed by atoms with Crippen molar-refractivity contribution in [2.75, 3.05) is 0 Å². The summed E-state index contributed by atoms with van der Waals surface area (Å²) in [5, 5.41) is 0. The van der Waals surface area contributed by atoms with Gasteiger partial charge in [0.05, 0.1) is 0 Å². The molecule has 0 amide bonds. The second kappa shape index (κ2) is 28.6. The van der Waals surface area contributed by atoms with Crippen LogP contribution in [0.4, 0.5) is 5.69 Å². The van der Waals surface area contributed by atoms with E-state index in [1.807, 2.05) is 0 Å². The van der Waals surface area contributed by atoms with E-state index >= 15 is 0 Å². The monoisotopic (exact) mass is 902 g/mol. The van der Waals surface area contributed by atoms with Gasteiger partial charge in [-0.3, -0.25) is 0 Å². The molecule has 0 saturated heterocycles. The first-order chi connectivity index (χ1) is 26.9. The van der Waals surface area contributed by atoms with Crippen molar-refractivity contribution in [2.24, 2.45) is 4.99 Å². The molecule has 0 saturated carbocycles. The van der Waals surface area contributed by atoms with Crippen LogP contribution in [0, 0.1) is 0 Å². The molecule has 0 aromatic heterocycles. The van der Waals surface area contributed by atoms with E-state index in [-0.39, 0.29) is 0 Å². The van der Waals surface area contributed by atoms with E-state index in [0.29, 0.717) is 0 Å². The Morgan fingerprint density at radius 1 is 0.545 bits per heavy atom. The number of aryl methyl sites for hydroxylation is 3. The molecule has 0 aliphatic heterocycles. The minimum absolute atomic E-state index is 0.926. The maximum atomic E-state index is 5.63. The maximum absolute atomic E-state index is 5.63. The normalized spacial score (nSPS) is 12.7. The van der Waals surface area contributed by atoms with Gasteiger partial charge in [-0.1, -0.05) is 33.1 Å². The van der Waals surface area contributed by atoms with Gasteiger partial charge < -0.3 is 0 Å². The van der Waals surface area contributed by atoms with Gasteiger partial charge in [0.2, 0.25) is 0 Å². The summed E-state index contributed by atoms with van der Waals surface area (Å²) in [6.07, 6.45) is 29.3. The van der Waals surface area contributed by atoms with Gasteiger partial charge in [0, 0.05) is 0 Å². The summed E-state index contributed by atoms with van der Waals surface area (Å²) < 4.78 is 1.53. The number of nitrogens with zero attached hydrogens (tertiary/aromatic N) is 1. The molecule has 3 heteroatoms. The molecule has 0 spiro atoms. The summed E-state index contributed by atoms with van der Waals surface area (Å²) in [5.74, 6) is 0. The Kier molecular flexibility index (Phi) is 24.7. The van der Waals surface area contributed by atoms with E-state index in [2.05, 4.69) is 123 Å². The van der Waals surface area contributed by atoms with Gasteiger partial charge in [0.15, 0.2) is 0 Å². The van der Waals surface area contributed by atoms with Crippen LogP contribution >= 0.6 is 13.4 Å². The number of hydrogen-bond acceptors (Lipinski definition) is 1. The number of unbranched alkanes of at least 4 members (excludes halogenated alkanes) is 14. The van der Waals surface area contributed by atoms with E-state index in [1.54, 1.807) is 16.7 Å². The summed E-state index contributed by atoms with van der Waals surface area (Å²) in [6, 6.07) is 23.6. The third-order valence-corrected chi connectivity index (χ3v) is 17.7. The summed E-state index contributed by atoms with van der Waals surface area (Å²) in [6.45, 7) is 16.3. The van der Waals surface area contributed by atoms with Crippen molar-refractivity contribution in [3.8, 4) is 11.1 Å². The van der Waals surface area contributed by atoms with Crippen LogP contribution in [0.15, 0.2) is 71.2 Å². The van der Waals surface area contributed by atoms with Crippen molar-refractivity contribution in [1.29, 1.82) is 0 Å². The van der Waals surface area contributed by atoms with Crippen LogP contribution < -0.4 is 0 Å². The molecule has 1 nitrogen and oxygen atoms in total. The first-order valence-corrected chi connectivity index (χ1v) is 28.2. The number of allylic oxidation sites excluding steroid dienone is 1. The summed E-state index contributed by atoms with van der Waals surface area (Å²) in [5.41, 5.74) is 14.2. The Morgan fingerprint density at radius 2 is 1.07 bits per heavy atom. The van der Waals surface area contributed by atoms with Crippen molar-refractivity contribution >= 4 is 28.9 Å². The molecular formula is C52H79BrNPd. The van der Waals surface area contributed by atoms with Crippen molar-refractivity contribution in [3.63, 3.8) is 0 Å². The molecule has 309 valence electrons. The molecular weight excluding hydrogens is 825 g/mol. The Labute approximate surface area is 352 Å². The van der Waals surface area contributed by atoms with Crippen molar-refractivity contribution in [3.05, 3.63) is 94.1 Å². The van der Waals surface area contributed by atoms with Crippen LogP contribution in [0.2, 0.25) is 4.89 Å². The molecule has 0 unspecified atom stereocenters. The van der Waals surface area contributed by atoms with Crippen LogP contribution in [0.3, 0.4) is 0 Å². The Morgan fingerprint density at radius 3 is 1.65 bits per heavy atom. The molecule has 0 radical (unpaired) electrons. The average molecular weight is 905 g/mol. The first kappa shape index (κ1) is 47.6. The summed E-state index contributed by atoms with van der Waals surface area (Å²) in [4.78, 5) is 6.79. The molecule has 0 bridgehead atoms. The summed E-state index contributed by atoms with van der Waals surface area (Å²) in [7, 11) is 0. The zero-order valence-corrected chi connectivity index (χ0v) is 39.5. The fraction of sp³-hybridized carbons (Fsp3) is 0.596. The fourth-order valence-electron chi connectivity index (χ4n) is 7.97. The third-order valence-electron chi connectivity index (χ3n) is 11.2. The van der Waals surface area contributed by atoms with Gasteiger partial charge >= 0.3 is 322 Å². The van der Waals surface area contributed by atoms with E-state index in [9.17, 15) is 0 Å². The molecule has 3 aromatic carbocycles. The predicted molar refractivity (Wildman–Crippen MR) is 248 cm³/mol. The minimum atomic E-state index is -1.11. The standard InChI is InChI=1S/C50H74N.C2H5.BrH.Pd/c1-7-12-16-20-21-28-34-48-46(33-25-19-15-10-4)39-47(40-49(48)44-30-26-22-27-31-44)51-50(11-5)41(6)37-42-35-36-43(29-23-17-13-8-2)45(38-42)32-24-18-14-9-3;1-2;;/h22,26-27,30-31,35-36,38-40H,7-21,23-25,28-29,32-34H2,1-6H3;1H2,2H3;1H;/q;;;+1/p-1. The Balaban J connectivity index is 2.14. The number of halogens is 1. The number of hydrogen-bond donors (Lipinski definition) is 0. The van der Waals surface area contributed by atoms with Gasteiger partial charge in [-0.15, -0.1) is 0 Å². The topological polar surface area (TPSA) is 12.4 Å². The second-order valence-electron chi connectivity index (χ2n) is 15.7. The molecule has 0 aliphatic rings. The van der Waals surface area contributed by atoms with Gasteiger partial charge in [-0.25, -0.2) is 0 Å². The second-order valence-corrected chi connectivity index (χ2v) is 22.4. The summed E-state index contributed by atoms with van der Waals surface area (Å²) >= 11 is 3.18. The van der Waals surface area contributed by atoms with Crippen LogP contribution in [0.25, 0.3) is 15.2 Å². The zero-order chi connectivity index (χ0) is 39.7. The van der Waals surface area contributed by atoms with Crippen molar-refractivity contribution < 1.29 is 14.7 Å². The number of aliphatic imine (C=N–C) groups is 1. The average Bonchev–Trinajstić information content (AvgIpc) is 3.21. The van der Waals surface area contributed by atoms with Crippen LogP contribution in [-0.2, 0) is 40.4 Å². The van der Waals surface area contributed by atoms with E-state index in [1.165, 1.54) is 166 Å². The van der Waals surface area contributed by atoms with Crippen LogP contribution in [0.5, 0.6) is 0 Å². The van der Waals surface area contributed by atoms with Gasteiger partial charge in [0.25, 0.3) is 0 Å². The van der Waals surface area contributed by atoms with Crippen molar-refractivity contribution in [1.82, 2.24) is 0 Å². The number of rotatable bonds is 29. The molecule has 0 heterocycles. The van der Waals surface area contributed by atoms with Crippen LogP contribution in [-0.4, -0.2) is 5.71 Å². The van der Waals surface area contributed by atoms with Crippen LogP contribution in [0.1, 0.15) is 198 Å². The Hall–Kier alpha value is -1.79. The predicted octanol–water partition coefficient (Wildman–Crippen LogP) is 17.9. The Bertz CT molecular complexity index is 1550. The van der Waals surface area contributed by atoms with Gasteiger partial charge in [-0.05, 0) is 0 Å². The van der Waals surface area contributed by atoms with Gasteiger partial charge in [0.1, 0.15) is 0 Å². The van der Waals surface area contributed by atoms with E-state index < -0.39 is 14.7 Å². The zero-order valence-electron chi connectivity index (χ0n) is 36.4. The molecule has 3 rings (SSSR count).